The molecule has 0 spiro atoms. The first-order chi connectivity index (χ1) is 8.49. The smallest absolute Gasteiger partial charge is 0.286 e. The second-order valence-corrected chi connectivity index (χ2v) is 4.38. The molecule has 2 rings (SSSR count). The quantitative estimate of drug-likeness (QED) is 0.515. The molecule has 0 aliphatic rings. The number of aromatic nitrogens is 3. The van der Waals surface area contributed by atoms with E-state index in [1.165, 1.54) is 10.7 Å². The molecule has 0 amide bonds. The Morgan fingerprint density at radius 1 is 1.50 bits per heavy atom. The molecular weight excluding hydrogens is 261 g/mol. The van der Waals surface area contributed by atoms with E-state index in [1.807, 2.05) is 0 Å². The van der Waals surface area contributed by atoms with Crippen LogP contribution < -0.4 is 5.84 Å². The van der Waals surface area contributed by atoms with Crippen LogP contribution in [0.3, 0.4) is 0 Å². The zero-order valence-electron chi connectivity index (χ0n) is 9.20. The number of benzene rings is 1. The SMILES string of the molecule is Cc1nnc(Sc2ccc(F)cc2[N+](=O)[O-])n1N. The summed E-state index contributed by atoms with van der Waals surface area (Å²) in [5.41, 5.74) is -0.333. The molecule has 0 unspecified atom stereocenters. The van der Waals surface area contributed by atoms with Gasteiger partial charge in [0.05, 0.1) is 15.9 Å². The summed E-state index contributed by atoms with van der Waals surface area (Å²) in [6.07, 6.45) is 0. The topological polar surface area (TPSA) is 99.9 Å². The van der Waals surface area contributed by atoms with Gasteiger partial charge in [0.25, 0.3) is 5.69 Å². The van der Waals surface area contributed by atoms with E-state index >= 15 is 0 Å². The van der Waals surface area contributed by atoms with Crippen LogP contribution in [-0.2, 0) is 0 Å². The van der Waals surface area contributed by atoms with Gasteiger partial charge in [0, 0.05) is 0 Å². The third-order valence-electron chi connectivity index (χ3n) is 2.15. The number of rotatable bonds is 3. The lowest BCUT2D eigenvalue weighted by Crippen LogP contribution is -2.11. The van der Waals surface area contributed by atoms with Gasteiger partial charge in [-0.3, -0.25) is 10.1 Å². The summed E-state index contributed by atoms with van der Waals surface area (Å²) < 4.78 is 14.2. The highest BCUT2D eigenvalue weighted by molar-refractivity contribution is 7.99. The predicted octanol–water partition coefficient (Wildman–Crippen LogP) is 1.50. The van der Waals surface area contributed by atoms with Crippen LogP contribution in [-0.4, -0.2) is 19.8 Å². The van der Waals surface area contributed by atoms with Crippen molar-refractivity contribution >= 4 is 17.4 Å². The van der Waals surface area contributed by atoms with Gasteiger partial charge in [-0.15, -0.1) is 10.2 Å². The van der Waals surface area contributed by atoms with Crippen molar-refractivity contribution in [3.8, 4) is 0 Å². The normalized spacial score (nSPS) is 10.6. The molecular formula is C9H8FN5O2S. The molecule has 2 aromatic rings. The molecule has 18 heavy (non-hydrogen) atoms. The van der Waals surface area contributed by atoms with Gasteiger partial charge >= 0.3 is 0 Å². The number of hydrogen-bond acceptors (Lipinski definition) is 6. The molecule has 0 saturated heterocycles. The Hall–Kier alpha value is -2.16. The molecule has 0 bridgehead atoms. The molecule has 0 aliphatic heterocycles. The molecule has 0 fully saturated rings. The first kappa shape index (κ1) is 12.3. The average Bonchev–Trinajstić information content (AvgIpc) is 2.63. The number of nitro benzene ring substituents is 1. The number of halogens is 1. The first-order valence-electron chi connectivity index (χ1n) is 4.78. The highest BCUT2D eigenvalue weighted by Gasteiger charge is 2.18. The van der Waals surface area contributed by atoms with E-state index in [1.54, 1.807) is 6.92 Å². The maximum atomic E-state index is 13.0. The van der Waals surface area contributed by atoms with Crippen LogP contribution in [0, 0.1) is 22.9 Å². The van der Waals surface area contributed by atoms with Crippen LogP contribution in [0.2, 0.25) is 0 Å². The Morgan fingerprint density at radius 2 is 2.22 bits per heavy atom. The summed E-state index contributed by atoms with van der Waals surface area (Å²) in [7, 11) is 0. The van der Waals surface area contributed by atoms with E-state index < -0.39 is 10.7 Å². The number of aryl methyl sites for hydroxylation is 1. The third-order valence-corrected chi connectivity index (χ3v) is 3.18. The van der Waals surface area contributed by atoms with Crippen molar-refractivity contribution < 1.29 is 9.31 Å². The molecule has 1 aromatic heterocycles. The van der Waals surface area contributed by atoms with Gasteiger partial charge in [-0.1, -0.05) is 0 Å². The summed E-state index contributed by atoms with van der Waals surface area (Å²) in [6, 6.07) is 3.30. The fourth-order valence-corrected chi connectivity index (χ4v) is 2.12. The monoisotopic (exact) mass is 269 g/mol. The van der Waals surface area contributed by atoms with Crippen LogP contribution in [0.5, 0.6) is 0 Å². The maximum absolute atomic E-state index is 13.0. The Kier molecular flexibility index (Phi) is 3.15. The minimum absolute atomic E-state index is 0.250. The second-order valence-electron chi connectivity index (χ2n) is 3.37. The predicted molar refractivity (Wildman–Crippen MR) is 62.1 cm³/mol. The summed E-state index contributed by atoms with van der Waals surface area (Å²) in [4.78, 5) is 10.4. The molecule has 0 atom stereocenters. The van der Waals surface area contributed by atoms with Crippen LogP contribution in [0.4, 0.5) is 10.1 Å². The van der Waals surface area contributed by atoms with Gasteiger partial charge in [0.15, 0.2) is 0 Å². The standard InChI is InChI=1S/C9H8FN5O2S/c1-5-12-13-9(14(5)11)18-8-3-2-6(10)4-7(8)15(16)17/h2-4H,11H2,1H3. The van der Waals surface area contributed by atoms with Gasteiger partial charge in [-0.05, 0) is 30.8 Å². The molecule has 94 valence electrons. The summed E-state index contributed by atoms with van der Waals surface area (Å²) >= 11 is 0.955. The number of nitrogens with two attached hydrogens (primary N) is 1. The van der Waals surface area contributed by atoms with Gasteiger partial charge in [0.1, 0.15) is 11.6 Å². The van der Waals surface area contributed by atoms with Crippen molar-refractivity contribution in [3.05, 3.63) is 40.0 Å². The maximum Gasteiger partial charge on any atom is 0.286 e. The van der Waals surface area contributed by atoms with E-state index in [-0.39, 0.29) is 10.6 Å². The van der Waals surface area contributed by atoms with Gasteiger partial charge < -0.3 is 5.84 Å². The van der Waals surface area contributed by atoms with Gasteiger partial charge in [-0.25, -0.2) is 9.07 Å². The van der Waals surface area contributed by atoms with E-state index in [2.05, 4.69) is 10.2 Å². The number of nitrogens with zero attached hydrogens (tertiary/aromatic N) is 4. The second kappa shape index (κ2) is 4.61. The van der Waals surface area contributed by atoms with Gasteiger partial charge in [-0.2, -0.15) is 0 Å². The summed E-state index contributed by atoms with van der Waals surface area (Å²) in [5.74, 6) is 5.44. The largest absolute Gasteiger partial charge is 0.336 e. The minimum atomic E-state index is -0.670. The van der Waals surface area contributed by atoms with E-state index in [9.17, 15) is 14.5 Å². The van der Waals surface area contributed by atoms with Crippen LogP contribution in [0.25, 0.3) is 0 Å². The minimum Gasteiger partial charge on any atom is -0.336 e. The van der Waals surface area contributed by atoms with Crippen molar-refractivity contribution in [3.63, 3.8) is 0 Å². The molecule has 9 heteroatoms. The van der Waals surface area contributed by atoms with Gasteiger partial charge in [0.2, 0.25) is 5.16 Å². The third kappa shape index (κ3) is 2.25. The highest BCUT2D eigenvalue weighted by atomic mass is 32.2. The first-order valence-corrected chi connectivity index (χ1v) is 5.59. The van der Waals surface area contributed by atoms with Crippen molar-refractivity contribution in [2.24, 2.45) is 0 Å². The average molecular weight is 269 g/mol. The number of nitro groups is 1. The fraction of sp³-hybridized carbons (Fsp3) is 0.111. The van der Waals surface area contributed by atoms with E-state index in [4.69, 9.17) is 5.84 Å². The molecule has 2 N–H and O–H groups in total. The Bertz CT molecular complexity index is 615. The highest BCUT2D eigenvalue weighted by Crippen LogP contribution is 2.33. The molecule has 0 radical (unpaired) electrons. The van der Waals surface area contributed by atoms with Crippen molar-refractivity contribution in [1.82, 2.24) is 14.9 Å². The van der Waals surface area contributed by atoms with Crippen molar-refractivity contribution in [2.75, 3.05) is 5.84 Å². The van der Waals surface area contributed by atoms with E-state index in [0.29, 0.717) is 11.0 Å². The molecule has 1 aromatic carbocycles. The fourth-order valence-electron chi connectivity index (χ4n) is 1.24. The van der Waals surface area contributed by atoms with Crippen molar-refractivity contribution in [1.29, 1.82) is 0 Å². The molecule has 7 nitrogen and oxygen atoms in total. The Balaban J connectivity index is 2.40. The Morgan fingerprint density at radius 3 is 2.78 bits per heavy atom. The lowest BCUT2D eigenvalue weighted by molar-refractivity contribution is -0.387. The lowest BCUT2D eigenvalue weighted by Gasteiger charge is -2.02. The zero-order valence-corrected chi connectivity index (χ0v) is 10.0. The van der Waals surface area contributed by atoms with Crippen LogP contribution in [0.15, 0.2) is 28.3 Å². The summed E-state index contributed by atoms with van der Waals surface area (Å²) in [6.45, 7) is 1.65. The summed E-state index contributed by atoms with van der Waals surface area (Å²) in [5, 5.41) is 18.6. The van der Waals surface area contributed by atoms with E-state index in [0.717, 1.165) is 23.9 Å². The molecule has 1 heterocycles. The zero-order chi connectivity index (χ0) is 13.3. The Labute approximate surface area is 105 Å². The number of nitrogen functional groups attached to an aromatic ring is 1. The lowest BCUT2D eigenvalue weighted by atomic mass is 10.3. The van der Waals surface area contributed by atoms with Crippen LogP contribution in [0.1, 0.15) is 5.82 Å². The van der Waals surface area contributed by atoms with Crippen LogP contribution >= 0.6 is 11.8 Å². The van der Waals surface area contributed by atoms with Crippen molar-refractivity contribution in [2.45, 2.75) is 17.0 Å². The molecule has 0 aliphatic carbocycles. The number of hydrogen-bond donors (Lipinski definition) is 1. The molecule has 0 saturated carbocycles.